The molecule has 4 N–H and O–H groups in total. The Morgan fingerprint density at radius 1 is 1.20 bits per heavy atom. The van der Waals surface area contributed by atoms with Crippen molar-refractivity contribution < 1.29 is 23.5 Å². The maximum Gasteiger partial charge on any atom is 0.246 e. The molecular weight excluding hydrogens is 435 g/mol. The first-order valence-electron chi connectivity index (χ1n) is 10.4. The molecule has 5 fully saturated rings. The fraction of sp³-hybridized carbons (Fsp3) is 0.842. The van der Waals surface area contributed by atoms with Gasteiger partial charge < -0.3 is 20.7 Å². The van der Waals surface area contributed by atoms with Crippen molar-refractivity contribution in [1.29, 1.82) is 0 Å². The molecule has 0 aromatic heterocycles. The van der Waals surface area contributed by atoms with Crippen LogP contribution < -0.4 is 21.3 Å². The molecular formula is C19H28ClFN4O4S. The van der Waals surface area contributed by atoms with Crippen LogP contribution in [0, 0.1) is 0 Å². The van der Waals surface area contributed by atoms with Crippen LogP contribution in [0.25, 0.3) is 0 Å². The Bertz CT molecular complexity index is 709. The molecule has 11 heteroatoms. The third-order valence-electron chi connectivity index (χ3n) is 6.35. The molecule has 1 aliphatic heterocycles. The molecule has 0 radical (unpaired) electrons. The summed E-state index contributed by atoms with van der Waals surface area (Å²) in [4.78, 5) is 35.9. The van der Waals surface area contributed by atoms with Gasteiger partial charge in [-0.3, -0.25) is 19.7 Å². The number of thioether (sulfide) groups is 1. The highest BCUT2D eigenvalue weighted by Gasteiger charge is 2.69. The normalized spacial score (nSPS) is 41.9. The number of alkyl halides is 2. The zero-order chi connectivity index (χ0) is 21.5. The molecule has 4 aliphatic carbocycles. The van der Waals surface area contributed by atoms with Crippen LogP contribution in [0.3, 0.4) is 0 Å². The third-order valence-corrected chi connectivity index (χ3v) is 7.96. The summed E-state index contributed by atoms with van der Waals surface area (Å²) in [5.41, 5.74) is -0.756. The van der Waals surface area contributed by atoms with Gasteiger partial charge in [0.1, 0.15) is 18.3 Å². The maximum atomic E-state index is 13.7. The van der Waals surface area contributed by atoms with Gasteiger partial charge in [0, 0.05) is 30.2 Å². The number of nitrogens with one attached hydrogen (secondary N) is 4. The van der Waals surface area contributed by atoms with Crippen molar-refractivity contribution in [3.05, 3.63) is 0 Å². The van der Waals surface area contributed by atoms with Gasteiger partial charge in [-0.1, -0.05) is 0 Å². The van der Waals surface area contributed by atoms with Crippen LogP contribution >= 0.6 is 23.4 Å². The van der Waals surface area contributed by atoms with Gasteiger partial charge in [-0.05, 0) is 32.1 Å². The van der Waals surface area contributed by atoms with Gasteiger partial charge in [0.25, 0.3) is 0 Å². The Labute approximate surface area is 184 Å². The van der Waals surface area contributed by atoms with Crippen LogP contribution in [0.1, 0.15) is 45.4 Å². The van der Waals surface area contributed by atoms with Gasteiger partial charge in [0.05, 0.1) is 17.5 Å². The Morgan fingerprint density at radius 2 is 1.90 bits per heavy atom. The first-order chi connectivity index (χ1) is 14.2. The van der Waals surface area contributed by atoms with E-state index in [0.717, 1.165) is 0 Å². The van der Waals surface area contributed by atoms with E-state index < -0.39 is 11.5 Å². The lowest BCUT2D eigenvalue weighted by Crippen LogP contribution is -2.84. The van der Waals surface area contributed by atoms with Gasteiger partial charge in [0.2, 0.25) is 17.7 Å². The summed E-state index contributed by atoms with van der Waals surface area (Å²) in [5.74, 6) is 0.176. The van der Waals surface area contributed by atoms with Crippen LogP contribution in [0.4, 0.5) is 4.39 Å². The number of amides is 3. The largest absolute Gasteiger partial charge is 0.368 e. The van der Waals surface area contributed by atoms with E-state index in [4.69, 9.17) is 16.3 Å². The average Bonchev–Trinajstić information content (AvgIpc) is 3.07. The second-order valence-corrected chi connectivity index (χ2v) is 10.7. The minimum absolute atomic E-state index is 0.0750. The monoisotopic (exact) mass is 462 g/mol. The van der Waals surface area contributed by atoms with E-state index in [1.54, 1.807) is 0 Å². The first-order valence-corrected chi connectivity index (χ1v) is 11.8. The summed E-state index contributed by atoms with van der Waals surface area (Å²) in [7, 11) is 0. The summed E-state index contributed by atoms with van der Waals surface area (Å²) in [6.45, 7) is 1.36. The topological polar surface area (TPSA) is 109 Å². The molecule has 8 nitrogen and oxygen atoms in total. The van der Waals surface area contributed by atoms with E-state index in [2.05, 4.69) is 21.3 Å². The summed E-state index contributed by atoms with van der Waals surface area (Å²) in [6, 6.07) is -0.345. The molecule has 5 unspecified atom stereocenters. The standard InChI is InChI=1S/C19H28ClFN4O4S/c1-10(26)22-17-23-14(6-30-17)16(28)25-19-7-18(8-19,9-19)24-15(27)5-29-11-2-3-12(20)13(21)4-11/h11-14,17,23H,2-9H2,1H3,(H,22,26)(H,24,27)(H,25,28). The minimum atomic E-state index is -1.09. The van der Waals surface area contributed by atoms with Gasteiger partial charge in [-0.25, -0.2) is 4.39 Å². The molecule has 1 saturated heterocycles. The Balaban J connectivity index is 1.14. The molecule has 0 spiro atoms. The van der Waals surface area contributed by atoms with Crippen molar-refractivity contribution >= 4 is 41.1 Å². The number of ether oxygens (including phenoxy) is 1. The minimum Gasteiger partial charge on any atom is -0.368 e. The van der Waals surface area contributed by atoms with E-state index in [1.807, 2.05) is 0 Å². The van der Waals surface area contributed by atoms with Gasteiger partial charge >= 0.3 is 0 Å². The average molecular weight is 463 g/mol. The zero-order valence-electron chi connectivity index (χ0n) is 16.8. The van der Waals surface area contributed by atoms with Crippen LogP contribution in [-0.4, -0.2) is 70.4 Å². The summed E-state index contributed by atoms with van der Waals surface area (Å²) < 4.78 is 19.2. The predicted octanol–water partition coefficient (Wildman–Crippen LogP) is 0.533. The molecule has 1 heterocycles. The number of hydrogen-bond acceptors (Lipinski definition) is 6. The van der Waals surface area contributed by atoms with Gasteiger partial charge in [-0.2, -0.15) is 0 Å². The molecule has 5 aliphatic rings. The van der Waals surface area contributed by atoms with Crippen molar-refractivity contribution in [3.63, 3.8) is 0 Å². The quantitative estimate of drug-likeness (QED) is 0.411. The van der Waals surface area contributed by atoms with E-state index in [1.165, 1.54) is 18.7 Å². The number of hydrogen-bond donors (Lipinski definition) is 4. The van der Waals surface area contributed by atoms with Crippen molar-refractivity contribution in [3.8, 4) is 0 Å². The third kappa shape index (κ3) is 4.71. The second-order valence-electron chi connectivity index (χ2n) is 9.04. The molecule has 5 rings (SSSR count). The highest BCUT2D eigenvalue weighted by molar-refractivity contribution is 8.00. The lowest BCUT2D eigenvalue weighted by molar-refractivity contribution is -0.154. The SMILES string of the molecule is CC(=O)NC1NC(C(=O)NC23CC(NC(=O)COC4CCC(Cl)C(F)C4)(C2)C3)CS1. The molecule has 168 valence electrons. The summed E-state index contributed by atoms with van der Waals surface area (Å²) >= 11 is 7.36. The molecule has 0 aromatic carbocycles. The van der Waals surface area contributed by atoms with E-state index in [9.17, 15) is 18.8 Å². The Morgan fingerprint density at radius 3 is 2.57 bits per heavy atom. The molecule has 5 atom stereocenters. The lowest BCUT2D eigenvalue weighted by atomic mass is 9.44. The zero-order valence-corrected chi connectivity index (χ0v) is 18.4. The lowest BCUT2D eigenvalue weighted by Gasteiger charge is -2.70. The van der Waals surface area contributed by atoms with Crippen LogP contribution in [0.2, 0.25) is 0 Å². The molecule has 2 bridgehead atoms. The van der Waals surface area contributed by atoms with Gasteiger partial charge in [-0.15, -0.1) is 23.4 Å². The van der Waals surface area contributed by atoms with Gasteiger partial charge in [0.15, 0.2) is 0 Å². The second kappa shape index (κ2) is 8.44. The van der Waals surface area contributed by atoms with Crippen molar-refractivity contribution in [1.82, 2.24) is 21.3 Å². The number of carbonyl (C=O) groups is 3. The van der Waals surface area contributed by atoms with E-state index in [-0.39, 0.29) is 59.5 Å². The Kier molecular flexibility index (Phi) is 6.22. The number of halogens is 2. The molecule has 3 amide bonds. The highest BCUT2D eigenvalue weighted by atomic mass is 35.5. The molecule has 30 heavy (non-hydrogen) atoms. The number of carbonyl (C=O) groups excluding carboxylic acids is 3. The van der Waals surface area contributed by atoms with Crippen LogP contribution in [0.5, 0.6) is 0 Å². The molecule has 0 aromatic rings. The van der Waals surface area contributed by atoms with Crippen LogP contribution in [-0.2, 0) is 19.1 Å². The number of rotatable bonds is 7. The summed E-state index contributed by atoms with van der Waals surface area (Å²) in [5, 5.41) is 11.5. The smallest absolute Gasteiger partial charge is 0.246 e. The predicted molar refractivity (Wildman–Crippen MR) is 111 cm³/mol. The highest BCUT2D eigenvalue weighted by Crippen LogP contribution is 2.60. The van der Waals surface area contributed by atoms with Crippen LogP contribution in [0.15, 0.2) is 0 Å². The summed E-state index contributed by atoms with van der Waals surface area (Å²) in [6.07, 6.45) is 2.22. The molecule has 4 saturated carbocycles. The first kappa shape index (κ1) is 22.1. The van der Waals surface area contributed by atoms with Crippen molar-refractivity contribution in [2.24, 2.45) is 0 Å². The van der Waals surface area contributed by atoms with Crippen molar-refractivity contribution in [2.45, 2.75) is 85.7 Å². The van der Waals surface area contributed by atoms with Crippen molar-refractivity contribution in [2.75, 3.05) is 12.4 Å². The van der Waals surface area contributed by atoms with E-state index in [0.29, 0.717) is 37.9 Å². The maximum absolute atomic E-state index is 13.7. The fourth-order valence-corrected chi connectivity index (χ4v) is 6.38. The fourth-order valence-electron chi connectivity index (χ4n) is 5.01. The van der Waals surface area contributed by atoms with E-state index >= 15 is 0 Å². The Hall–Kier alpha value is -1.10.